The van der Waals surface area contributed by atoms with Crippen LogP contribution < -0.4 is 4.72 Å². The molecule has 0 spiro atoms. The number of anilines is 1. The molecule has 0 aliphatic rings. The van der Waals surface area contributed by atoms with Crippen molar-refractivity contribution in [2.75, 3.05) is 11.8 Å². The van der Waals surface area contributed by atoms with Gasteiger partial charge in [-0.2, -0.15) is 0 Å². The van der Waals surface area contributed by atoms with Crippen LogP contribution in [0.15, 0.2) is 45.8 Å². The van der Waals surface area contributed by atoms with Crippen LogP contribution in [0, 0.1) is 13.8 Å². The van der Waals surface area contributed by atoms with Crippen molar-refractivity contribution in [2.45, 2.75) is 18.7 Å². The van der Waals surface area contributed by atoms with E-state index < -0.39 is 16.0 Å². The summed E-state index contributed by atoms with van der Waals surface area (Å²) in [6, 6.07) is 9.71. The second-order valence-electron chi connectivity index (χ2n) is 5.04. The minimum atomic E-state index is -3.72. The van der Waals surface area contributed by atoms with Gasteiger partial charge in [0.15, 0.2) is 0 Å². The molecule has 7 heteroatoms. The summed E-state index contributed by atoms with van der Waals surface area (Å²) < 4.78 is 33.0. The van der Waals surface area contributed by atoms with Gasteiger partial charge in [-0.25, -0.2) is 13.2 Å². The number of esters is 1. The second kappa shape index (κ2) is 6.72. The minimum Gasteiger partial charge on any atom is -0.465 e. The van der Waals surface area contributed by atoms with Gasteiger partial charge in [0.05, 0.1) is 23.3 Å². The van der Waals surface area contributed by atoms with Crippen LogP contribution in [0.2, 0.25) is 0 Å². The van der Waals surface area contributed by atoms with Crippen LogP contribution in [0.1, 0.15) is 21.5 Å². The second-order valence-corrected chi connectivity index (χ2v) is 7.60. The molecule has 23 heavy (non-hydrogen) atoms. The predicted molar refractivity (Wildman–Crippen MR) is 92.2 cm³/mol. The number of hydrogen-bond acceptors (Lipinski definition) is 4. The van der Waals surface area contributed by atoms with E-state index in [1.54, 1.807) is 44.2 Å². The molecule has 2 aromatic rings. The molecule has 0 aromatic heterocycles. The highest BCUT2D eigenvalue weighted by atomic mass is 79.9. The SMILES string of the molecule is COC(=O)c1ccc(NS(=O)(=O)c2cc(Br)ccc2C)c(C)c1. The Kier molecular flexibility index (Phi) is 5.11. The van der Waals surface area contributed by atoms with Gasteiger partial charge < -0.3 is 4.74 Å². The van der Waals surface area contributed by atoms with Crippen molar-refractivity contribution >= 4 is 37.6 Å². The van der Waals surface area contributed by atoms with Crippen LogP contribution in [0.25, 0.3) is 0 Å². The molecule has 2 aromatic carbocycles. The quantitative estimate of drug-likeness (QED) is 0.798. The van der Waals surface area contributed by atoms with Crippen molar-refractivity contribution < 1.29 is 17.9 Å². The molecular formula is C16H16BrNO4S. The number of rotatable bonds is 4. The van der Waals surface area contributed by atoms with Crippen molar-refractivity contribution in [1.29, 1.82) is 0 Å². The maximum absolute atomic E-state index is 12.6. The first-order valence-electron chi connectivity index (χ1n) is 6.72. The van der Waals surface area contributed by atoms with Crippen LogP contribution >= 0.6 is 15.9 Å². The number of benzene rings is 2. The van der Waals surface area contributed by atoms with Crippen LogP contribution in [0.3, 0.4) is 0 Å². The number of sulfonamides is 1. The van der Waals surface area contributed by atoms with Gasteiger partial charge in [-0.05, 0) is 55.3 Å². The Morgan fingerprint density at radius 2 is 1.78 bits per heavy atom. The average Bonchev–Trinajstić information content (AvgIpc) is 2.50. The first-order valence-corrected chi connectivity index (χ1v) is 9.00. The Labute approximate surface area is 143 Å². The largest absolute Gasteiger partial charge is 0.465 e. The minimum absolute atomic E-state index is 0.198. The smallest absolute Gasteiger partial charge is 0.337 e. The van der Waals surface area contributed by atoms with Crippen molar-refractivity contribution in [1.82, 2.24) is 0 Å². The topological polar surface area (TPSA) is 72.5 Å². The lowest BCUT2D eigenvalue weighted by molar-refractivity contribution is 0.0600. The Balaban J connectivity index is 2.38. The summed E-state index contributed by atoms with van der Waals surface area (Å²) in [6.07, 6.45) is 0. The average molecular weight is 398 g/mol. The number of carbonyl (C=O) groups excluding carboxylic acids is 1. The van der Waals surface area contributed by atoms with E-state index >= 15 is 0 Å². The molecule has 1 N–H and O–H groups in total. The fraction of sp³-hybridized carbons (Fsp3) is 0.188. The molecule has 0 radical (unpaired) electrons. The third-order valence-corrected chi connectivity index (χ3v) is 5.33. The highest BCUT2D eigenvalue weighted by molar-refractivity contribution is 9.10. The first kappa shape index (κ1) is 17.5. The number of methoxy groups -OCH3 is 1. The molecule has 0 bridgehead atoms. The van der Waals surface area contributed by atoms with Gasteiger partial charge in [-0.15, -0.1) is 0 Å². The van der Waals surface area contributed by atoms with E-state index in [0.29, 0.717) is 26.9 Å². The molecule has 0 heterocycles. The molecule has 0 aliphatic heterocycles. The zero-order valence-corrected chi connectivity index (χ0v) is 15.3. The van der Waals surface area contributed by atoms with Gasteiger partial charge in [-0.3, -0.25) is 4.72 Å². The molecule has 0 amide bonds. The summed E-state index contributed by atoms with van der Waals surface area (Å²) in [7, 11) is -2.43. The lowest BCUT2D eigenvalue weighted by atomic mass is 10.1. The molecule has 0 saturated heterocycles. The number of aryl methyl sites for hydroxylation is 2. The van der Waals surface area contributed by atoms with Gasteiger partial charge in [0.25, 0.3) is 10.0 Å². The van der Waals surface area contributed by atoms with Gasteiger partial charge in [0.2, 0.25) is 0 Å². The zero-order chi connectivity index (χ0) is 17.2. The molecule has 0 aliphatic carbocycles. The highest BCUT2D eigenvalue weighted by Crippen LogP contribution is 2.25. The standard InChI is InChI=1S/C16H16BrNO4S/c1-10-4-6-13(17)9-15(10)23(20,21)18-14-7-5-12(8-11(14)2)16(19)22-3/h4-9,18H,1-3H3. The van der Waals surface area contributed by atoms with Crippen LogP contribution in [0.4, 0.5) is 5.69 Å². The molecule has 0 atom stereocenters. The number of nitrogens with one attached hydrogen (secondary N) is 1. The molecule has 0 saturated carbocycles. The fourth-order valence-corrected chi connectivity index (χ4v) is 4.00. The summed E-state index contributed by atoms with van der Waals surface area (Å²) >= 11 is 3.28. The highest BCUT2D eigenvalue weighted by Gasteiger charge is 2.19. The number of carbonyl (C=O) groups is 1. The molecule has 0 unspecified atom stereocenters. The van der Waals surface area contributed by atoms with Crippen molar-refractivity contribution in [3.05, 3.63) is 57.6 Å². The molecule has 0 fully saturated rings. The number of hydrogen-bond donors (Lipinski definition) is 1. The normalized spacial score (nSPS) is 11.1. The molecule has 122 valence electrons. The van der Waals surface area contributed by atoms with Crippen molar-refractivity contribution in [2.24, 2.45) is 0 Å². The van der Waals surface area contributed by atoms with Gasteiger partial charge >= 0.3 is 5.97 Å². The summed E-state index contributed by atoms with van der Waals surface area (Å²) in [5.41, 5.74) is 2.05. The van der Waals surface area contributed by atoms with Crippen LogP contribution in [0.5, 0.6) is 0 Å². The van der Waals surface area contributed by atoms with Crippen molar-refractivity contribution in [3.8, 4) is 0 Å². The zero-order valence-electron chi connectivity index (χ0n) is 12.9. The molecular weight excluding hydrogens is 382 g/mol. The maximum Gasteiger partial charge on any atom is 0.337 e. The monoisotopic (exact) mass is 397 g/mol. The maximum atomic E-state index is 12.6. The van der Waals surface area contributed by atoms with E-state index in [0.717, 1.165) is 0 Å². The summed E-state index contributed by atoms with van der Waals surface area (Å²) in [6.45, 7) is 3.45. The Hall–Kier alpha value is -1.86. The summed E-state index contributed by atoms with van der Waals surface area (Å²) in [5, 5.41) is 0. The third kappa shape index (κ3) is 3.92. The predicted octanol–water partition coefficient (Wildman–Crippen LogP) is 3.65. The van der Waals surface area contributed by atoms with E-state index in [4.69, 9.17) is 0 Å². The van der Waals surface area contributed by atoms with Gasteiger partial charge in [0, 0.05) is 4.47 Å². The van der Waals surface area contributed by atoms with E-state index in [-0.39, 0.29) is 4.90 Å². The Morgan fingerprint density at radius 3 is 2.39 bits per heavy atom. The Morgan fingerprint density at radius 1 is 1.09 bits per heavy atom. The number of halogens is 1. The van der Waals surface area contributed by atoms with Gasteiger partial charge in [-0.1, -0.05) is 22.0 Å². The third-order valence-electron chi connectivity index (χ3n) is 3.33. The summed E-state index contributed by atoms with van der Waals surface area (Å²) in [4.78, 5) is 11.7. The lowest BCUT2D eigenvalue weighted by Crippen LogP contribution is -2.15. The van der Waals surface area contributed by atoms with E-state index in [1.165, 1.54) is 13.2 Å². The van der Waals surface area contributed by atoms with E-state index in [9.17, 15) is 13.2 Å². The van der Waals surface area contributed by atoms with Gasteiger partial charge in [0.1, 0.15) is 0 Å². The Bertz CT molecular complexity index is 862. The fourth-order valence-electron chi connectivity index (χ4n) is 2.09. The van der Waals surface area contributed by atoms with Crippen LogP contribution in [-0.4, -0.2) is 21.5 Å². The molecule has 5 nitrogen and oxygen atoms in total. The van der Waals surface area contributed by atoms with Crippen LogP contribution in [-0.2, 0) is 14.8 Å². The summed E-state index contributed by atoms with van der Waals surface area (Å²) in [5.74, 6) is -0.467. The van der Waals surface area contributed by atoms with E-state index in [1.807, 2.05) is 0 Å². The first-order chi connectivity index (χ1) is 10.7. The van der Waals surface area contributed by atoms with Crippen molar-refractivity contribution in [3.63, 3.8) is 0 Å². The van der Waals surface area contributed by atoms with E-state index in [2.05, 4.69) is 25.4 Å². The lowest BCUT2D eigenvalue weighted by Gasteiger charge is -2.13. The number of ether oxygens (including phenoxy) is 1. The molecule has 2 rings (SSSR count).